The minimum atomic E-state index is 0.330. The summed E-state index contributed by atoms with van der Waals surface area (Å²) in [4.78, 5) is 0.330. The molecule has 1 aromatic heterocycles. The van der Waals surface area contributed by atoms with E-state index >= 15 is 0 Å². The van der Waals surface area contributed by atoms with Crippen molar-refractivity contribution in [3.63, 3.8) is 0 Å². The van der Waals surface area contributed by atoms with Crippen LogP contribution in [-0.4, -0.2) is 20.0 Å². The molecule has 0 unspecified atom stereocenters. The van der Waals surface area contributed by atoms with Gasteiger partial charge in [0.2, 0.25) is 0 Å². The topological polar surface area (TPSA) is 56.7 Å². The Labute approximate surface area is 123 Å². The molecule has 0 aliphatic carbocycles. The van der Waals surface area contributed by atoms with E-state index in [9.17, 15) is 0 Å². The molecule has 0 saturated heterocycles. The van der Waals surface area contributed by atoms with Gasteiger partial charge in [-0.25, -0.2) is 4.68 Å². The summed E-state index contributed by atoms with van der Waals surface area (Å²) < 4.78 is 2.67. The Balaban J connectivity index is 2.30. The molecule has 0 radical (unpaired) electrons. The molecule has 2 aromatic carbocycles. The van der Waals surface area contributed by atoms with Crippen molar-refractivity contribution in [1.82, 2.24) is 15.0 Å². The molecular formula is C13H9BrN4S. The second kappa shape index (κ2) is 4.71. The van der Waals surface area contributed by atoms with Crippen LogP contribution in [0.2, 0.25) is 0 Å². The lowest BCUT2D eigenvalue weighted by Gasteiger charge is -2.09. The lowest BCUT2D eigenvalue weighted by atomic mass is 10.1. The van der Waals surface area contributed by atoms with Crippen LogP contribution in [-0.2, 0) is 0 Å². The number of fused-ring (bicyclic) bond motifs is 1. The quantitative estimate of drug-likeness (QED) is 0.733. The molecule has 0 spiro atoms. The number of benzene rings is 2. The third-order valence-corrected chi connectivity index (χ3v) is 3.52. The van der Waals surface area contributed by atoms with Gasteiger partial charge in [0.05, 0.1) is 11.2 Å². The van der Waals surface area contributed by atoms with E-state index in [0.29, 0.717) is 4.99 Å². The maximum absolute atomic E-state index is 5.78. The van der Waals surface area contributed by atoms with E-state index in [2.05, 4.69) is 26.2 Å². The zero-order valence-electron chi connectivity index (χ0n) is 9.75. The smallest absolute Gasteiger partial charge is 0.113 e. The van der Waals surface area contributed by atoms with Crippen LogP contribution in [0.15, 0.2) is 46.9 Å². The van der Waals surface area contributed by atoms with Gasteiger partial charge in [-0.2, -0.15) is 0 Å². The molecule has 1 heterocycles. The van der Waals surface area contributed by atoms with Crippen molar-refractivity contribution in [3.05, 3.63) is 52.5 Å². The van der Waals surface area contributed by atoms with Crippen LogP contribution in [0.3, 0.4) is 0 Å². The predicted molar refractivity (Wildman–Crippen MR) is 82.5 cm³/mol. The van der Waals surface area contributed by atoms with Gasteiger partial charge in [-0.1, -0.05) is 45.5 Å². The maximum Gasteiger partial charge on any atom is 0.113 e. The fourth-order valence-corrected chi connectivity index (χ4v) is 2.46. The fraction of sp³-hybridized carbons (Fsp3) is 0. The Morgan fingerprint density at radius 2 is 2.00 bits per heavy atom. The van der Waals surface area contributed by atoms with Gasteiger partial charge >= 0.3 is 0 Å². The Morgan fingerprint density at radius 3 is 2.79 bits per heavy atom. The Bertz CT molecular complexity index is 781. The average Bonchev–Trinajstić information content (AvgIpc) is 2.82. The standard InChI is InChI=1S/C13H9BrN4S/c14-8-5-6-11(9(7-8)13(15)19)18-12-4-2-1-3-10(12)16-17-18/h1-7H,(H2,15,19). The SMILES string of the molecule is NC(=S)c1cc(Br)ccc1-n1nnc2ccccc21. The number of hydrogen-bond donors (Lipinski definition) is 1. The minimum absolute atomic E-state index is 0.330. The van der Waals surface area contributed by atoms with Crippen molar-refractivity contribution < 1.29 is 0 Å². The maximum atomic E-state index is 5.78. The van der Waals surface area contributed by atoms with Crippen LogP contribution in [0.25, 0.3) is 16.7 Å². The highest BCUT2D eigenvalue weighted by Crippen LogP contribution is 2.22. The van der Waals surface area contributed by atoms with Gasteiger partial charge in [0.1, 0.15) is 10.5 Å². The largest absolute Gasteiger partial charge is 0.389 e. The average molecular weight is 333 g/mol. The molecule has 0 aliphatic heterocycles. The van der Waals surface area contributed by atoms with Crippen LogP contribution >= 0.6 is 28.1 Å². The zero-order valence-corrected chi connectivity index (χ0v) is 12.1. The first-order valence-electron chi connectivity index (χ1n) is 5.57. The molecule has 0 bridgehead atoms. The van der Waals surface area contributed by atoms with Gasteiger partial charge in [0.25, 0.3) is 0 Å². The summed E-state index contributed by atoms with van der Waals surface area (Å²) in [5.41, 5.74) is 9.12. The summed E-state index contributed by atoms with van der Waals surface area (Å²) in [6.45, 7) is 0. The van der Waals surface area contributed by atoms with E-state index in [1.807, 2.05) is 42.5 Å². The number of thiocarbonyl (C=S) groups is 1. The molecule has 0 fully saturated rings. The van der Waals surface area contributed by atoms with Gasteiger partial charge < -0.3 is 5.73 Å². The van der Waals surface area contributed by atoms with Crippen LogP contribution < -0.4 is 5.73 Å². The fourth-order valence-electron chi connectivity index (χ4n) is 1.94. The van der Waals surface area contributed by atoms with Gasteiger partial charge in [0.15, 0.2) is 0 Å². The number of hydrogen-bond acceptors (Lipinski definition) is 3. The summed E-state index contributed by atoms with van der Waals surface area (Å²) in [7, 11) is 0. The lowest BCUT2D eigenvalue weighted by molar-refractivity contribution is 0.822. The summed E-state index contributed by atoms with van der Waals surface area (Å²) in [6.07, 6.45) is 0. The number of aromatic nitrogens is 3. The van der Waals surface area contributed by atoms with E-state index < -0.39 is 0 Å². The molecule has 0 aliphatic rings. The number of halogens is 1. The van der Waals surface area contributed by atoms with Crippen molar-refractivity contribution in [2.24, 2.45) is 5.73 Å². The minimum Gasteiger partial charge on any atom is -0.389 e. The summed E-state index contributed by atoms with van der Waals surface area (Å²) in [5, 5.41) is 8.31. The first-order chi connectivity index (χ1) is 9.16. The highest BCUT2D eigenvalue weighted by molar-refractivity contribution is 9.10. The van der Waals surface area contributed by atoms with Crippen molar-refractivity contribution in [2.45, 2.75) is 0 Å². The highest BCUT2D eigenvalue weighted by Gasteiger charge is 2.12. The van der Waals surface area contributed by atoms with Crippen molar-refractivity contribution in [1.29, 1.82) is 0 Å². The second-order valence-corrected chi connectivity index (χ2v) is 5.37. The Hall–Kier alpha value is -1.79. The molecule has 19 heavy (non-hydrogen) atoms. The van der Waals surface area contributed by atoms with Gasteiger partial charge in [0, 0.05) is 10.0 Å². The molecular weight excluding hydrogens is 324 g/mol. The van der Waals surface area contributed by atoms with E-state index in [1.54, 1.807) is 4.68 Å². The van der Waals surface area contributed by atoms with E-state index in [4.69, 9.17) is 18.0 Å². The molecule has 0 atom stereocenters. The lowest BCUT2D eigenvalue weighted by Crippen LogP contribution is -2.14. The summed E-state index contributed by atoms with van der Waals surface area (Å²) in [6, 6.07) is 13.5. The van der Waals surface area contributed by atoms with Crippen LogP contribution in [0.5, 0.6) is 0 Å². The van der Waals surface area contributed by atoms with Crippen LogP contribution in [0, 0.1) is 0 Å². The van der Waals surface area contributed by atoms with E-state index in [0.717, 1.165) is 26.8 Å². The predicted octanol–water partition coefficient (Wildman–Crippen LogP) is 2.82. The third-order valence-electron chi connectivity index (χ3n) is 2.80. The normalized spacial score (nSPS) is 10.8. The molecule has 4 nitrogen and oxygen atoms in total. The van der Waals surface area contributed by atoms with E-state index in [-0.39, 0.29) is 0 Å². The van der Waals surface area contributed by atoms with Gasteiger partial charge in [-0.15, -0.1) is 5.10 Å². The molecule has 0 amide bonds. The number of rotatable bonds is 2. The van der Waals surface area contributed by atoms with Crippen molar-refractivity contribution in [2.75, 3.05) is 0 Å². The summed E-state index contributed by atoms with van der Waals surface area (Å²) in [5.74, 6) is 0. The zero-order chi connectivity index (χ0) is 13.4. The van der Waals surface area contributed by atoms with Crippen molar-refractivity contribution in [3.8, 4) is 5.69 Å². The first-order valence-corrected chi connectivity index (χ1v) is 6.77. The first kappa shape index (κ1) is 12.3. The molecule has 6 heteroatoms. The van der Waals surface area contributed by atoms with E-state index in [1.165, 1.54) is 0 Å². The summed E-state index contributed by atoms with van der Waals surface area (Å²) >= 11 is 8.52. The molecule has 2 N–H and O–H groups in total. The number of nitrogens with two attached hydrogens (primary N) is 1. The van der Waals surface area contributed by atoms with Gasteiger partial charge in [-0.3, -0.25) is 0 Å². The monoisotopic (exact) mass is 332 g/mol. The second-order valence-electron chi connectivity index (χ2n) is 4.02. The highest BCUT2D eigenvalue weighted by atomic mass is 79.9. The Morgan fingerprint density at radius 1 is 1.21 bits per heavy atom. The van der Waals surface area contributed by atoms with Gasteiger partial charge in [-0.05, 0) is 30.3 Å². The third kappa shape index (κ3) is 2.13. The van der Waals surface area contributed by atoms with Crippen LogP contribution in [0.1, 0.15) is 5.56 Å². The van der Waals surface area contributed by atoms with Crippen LogP contribution in [0.4, 0.5) is 0 Å². The number of para-hydroxylation sites is 1. The molecule has 3 aromatic rings. The molecule has 94 valence electrons. The van der Waals surface area contributed by atoms with Crippen molar-refractivity contribution >= 4 is 44.2 Å². The Kier molecular flexibility index (Phi) is 3.04. The number of nitrogens with zero attached hydrogens (tertiary/aromatic N) is 3. The molecule has 0 saturated carbocycles. The molecule has 3 rings (SSSR count).